The number of H-pyrrole nitrogens is 1. The third kappa shape index (κ3) is 1.63. The van der Waals surface area contributed by atoms with Crippen LogP contribution in [-0.4, -0.2) is 25.4 Å². The minimum atomic E-state index is 0.612. The van der Waals surface area contributed by atoms with Gasteiger partial charge in [-0.05, 0) is 5.56 Å². The van der Waals surface area contributed by atoms with Crippen molar-refractivity contribution in [3.8, 4) is 0 Å². The van der Waals surface area contributed by atoms with E-state index in [9.17, 15) is 0 Å². The first-order valence-corrected chi connectivity index (χ1v) is 4.98. The second-order valence-electron chi connectivity index (χ2n) is 3.48. The number of nitrogens with zero attached hydrogens (tertiary/aromatic N) is 4. The lowest BCUT2D eigenvalue weighted by Crippen LogP contribution is -1.96. The Bertz CT molecular complexity index is 602. The maximum Gasteiger partial charge on any atom is 0.204 e. The predicted octanol–water partition coefficient (Wildman–Crippen LogP) is 1.34. The summed E-state index contributed by atoms with van der Waals surface area (Å²) in [5, 5.41) is 10.4. The highest BCUT2D eigenvalue weighted by Crippen LogP contribution is 2.07. The minimum absolute atomic E-state index is 0.612. The zero-order valence-electron chi connectivity index (χ0n) is 8.46. The third-order valence-corrected chi connectivity index (χ3v) is 2.33. The average Bonchev–Trinajstić information content (AvgIpc) is 2.77. The van der Waals surface area contributed by atoms with Gasteiger partial charge >= 0.3 is 0 Å². The molecule has 2 heterocycles. The van der Waals surface area contributed by atoms with Gasteiger partial charge in [-0.3, -0.25) is 0 Å². The van der Waals surface area contributed by atoms with Crippen LogP contribution in [0.3, 0.4) is 0 Å². The van der Waals surface area contributed by atoms with Gasteiger partial charge in [-0.1, -0.05) is 30.3 Å². The van der Waals surface area contributed by atoms with Crippen molar-refractivity contribution in [1.29, 1.82) is 0 Å². The molecular formula is C11H9N5. The number of hydrogen-bond acceptors (Lipinski definition) is 4. The van der Waals surface area contributed by atoms with E-state index in [2.05, 4.69) is 37.5 Å². The molecule has 0 aliphatic rings. The Kier molecular flexibility index (Phi) is 2.07. The van der Waals surface area contributed by atoms with Crippen LogP contribution in [0.1, 0.15) is 11.4 Å². The highest BCUT2D eigenvalue weighted by Gasteiger charge is 2.03. The summed E-state index contributed by atoms with van der Waals surface area (Å²) in [7, 11) is 0. The molecule has 1 aromatic carbocycles. The summed E-state index contributed by atoms with van der Waals surface area (Å²) in [6, 6.07) is 10.1. The van der Waals surface area contributed by atoms with Crippen molar-refractivity contribution in [2.45, 2.75) is 6.42 Å². The fourth-order valence-corrected chi connectivity index (χ4v) is 1.55. The molecule has 3 rings (SSSR count). The summed E-state index contributed by atoms with van der Waals surface area (Å²) in [5.41, 5.74) is 2.49. The van der Waals surface area contributed by atoms with Gasteiger partial charge in [-0.25, -0.2) is 9.97 Å². The summed E-state index contributed by atoms with van der Waals surface area (Å²) in [5.74, 6) is 0.757. The van der Waals surface area contributed by atoms with Crippen molar-refractivity contribution in [3.05, 3.63) is 47.9 Å². The Morgan fingerprint density at radius 2 is 1.94 bits per heavy atom. The summed E-state index contributed by atoms with van der Waals surface area (Å²) < 4.78 is 0. The van der Waals surface area contributed by atoms with Crippen molar-refractivity contribution in [2.75, 3.05) is 0 Å². The molecule has 0 spiro atoms. The summed E-state index contributed by atoms with van der Waals surface area (Å²) >= 11 is 0. The van der Waals surface area contributed by atoms with Gasteiger partial charge in [0.2, 0.25) is 5.65 Å². The van der Waals surface area contributed by atoms with E-state index in [-0.39, 0.29) is 0 Å². The van der Waals surface area contributed by atoms with E-state index in [1.165, 1.54) is 5.56 Å². The van der Waals surface area contributed by atoms with Crippen molar-refractivity contribution >= 4 is 11.2 Å². The molecule has 16 heavy (non-hydrogen) atoms. The Hall–Kier alpha value is -2.30. The van der Waals surface area contributed by atoms with Crippen molar-refractivity contribution in [2.24, 2.45) is 0 Å². The zero-order chi connectivity index (χ0) is 10.8. The molecule has 5 nitrogen and oxygen atoms in total. The first kappa shape index (κ1) is 8.96. The highest BCUT2D eigenvalue weighted by atomic mass is 15.3. The Balaban J connectivity index is 1.94. The topological polar surface area (TPSA) is 67.3 Å². The molecule has 0 saturated carbocycles. The monoisotopic (exact) mass is 211 g/mol. The van der Waals surface area contributed by atoms with Crippen LogP contribution in [0.2, 0.25) is 0 Å². The first-order valence-electron chi connectivity index (χ1n) is 4.98. The van der Waals surface area contributed by atoms with Gasteiger partial charge in [0.25, 0.3) is 0 Å². The first-order chi connectivity index (χ1) is 7.92. The lowest BCUT2D eigenvalue weighted by Gasteiger charge is -1.98. The smallest absolute Gasteiger partial charge is 0.204 e. The van der Waals surface area contributed by atoms with E-state index >= 15 is 0 Å². The number of fused-ring (bicyclic) bond motifs is 1. The van der Waals surface area contributed by atoms with Gasteiger partial charge in [-0.2, -0.15) is 10.3 Å². The number of rotatable bonds is 2. The highest BCUT2D eigenvalue weighted by molar-refractivity contribution is 5.66. The van der Waals surface area contributed by atoms with Crippen LogP contribution in [0.4, 0.5) is 0 Å². The number of nitrogens with one attached hydrogen (secondary N) is 1. The molecule has 2 aromatic heterocycles. The molecule has 0 aliphatic heterocycles. The SMILES string of the molecule is c1ccc(Cc2ncc3n[nH]nc3n2)cc1. The van der Waals surface area contributed by atoms with Crippen molar-refractivity contribution < 1.29 is 0 Å². The predicted molar refractivity (Wildman–Crippen MR) is 58.7 cm³/mol. The normalized spacial score (nSPS) is 10.8. The standard InChI is InChI=1S/C11H9N5/c1-2-4-8(5-3-1)6-10-12-7-9-11(13-10)15-16-14-9/h1-5,7H,6H2,(H,12,13,14,15,16). The molecule has 3 aromatic rings. The molecule has 0 aliphatic carbocycles. The lowest BCUT2D eigenvalue weighted by atomic mass is 10.1. The van der Waals surface area contributed by atoms with E-state index in [0.29, 0.717) is 17.6 Å². The van der Waals surface area contributed by atoms with Crippen LogP contribution >= 0.6 is 0 Å². The number of aromatic amines is 1. The van der Waals surface area contributed by atoms with Crippen LogP contribution in [0.25, 0.3) is 11.2 Å². The largest absolute Gasteiger partial charge is 0.239 e. The van der Waals surface area contributed by atoms with Gasteiger partial charge in [0, 0.05) is 6.42 Å². The third-order valence-electron chi connectivity index (χ3n) is 2.33. The second kappa shape index (κ2) is 3.69. The molecule has 0 unspecified atom stereocenters. The maximum atomic E-state index is 4.31. The van der Waals surface area contributed by atoms with Crippen LogP contribution in [0.15, 0.2) is 36.5 Å². The van der Waals surface area contributed by atoms with Crippen molar-refractivity contribution in [3.63, 3.8) is 0 Å². The fourth-order valence-electron chi connectivity index (χ4n) is 1.55. The van der Waals surface area contributed by atoms with E-state index < -0.39 is 0 Å². The number of benzene rings is 1. The molecule has 0 fully saturated rings. The van der Waals surface area contributed by atoms with Gasteiger partial charge in [0.15, 0.2) is 0 Å². The average molecular weight is 211 g/mol. The van der Waals surface area contributed by atoms with E-state index in [4.69, 9.17) is 0 Å². The quantitative estimate of drug-likeness (QED) is 0.694. The van der Waals surface area contributed by atoms with Crippen LogP contribution in [-0.2, 0) is 6.42 Å². The molecule has 0 atom stereocenters. The molecule has 0 radical (unpaired) electrons. The van der Waals surface area contributed by atoms with Gasteiger partial charge < -0.3 is 0 Å². The molecular weight excluding hydrogens is 202 g/mol. The molecule has 78 valence electrons. The van der Waals surface area contributed by atoms with E-state index in [1.54, 1.807) is 6.20 Å². The lowest BCUT2D eigenvalue weighted by molar-refractivity contribution is 0.948. The molecule has 5 heteroatoms. The van der Waals surface area contributed by atoms with Gasteiger partial charge in [0.05, 0.1) is 6.20 Å². The molecule has 0 bridgehead atoms. The summed E-state index contributed by atoms with van der Waals surface area (Å²) in [6.07, 6.45) is 2.40. The van der Waals surface area contributed by atoms with E-state index in [0.717, 1.165) is 5.82 Å². The van der Waals surface area contributed by atoms with Gasteiger partial charge in [-0.15, -0.1) is 5.10 Å². The van der Waals surface area contributed by atoms with Crippen LogP contribution in [0, 0.1) is 0 Å². The number of aromatic nitrogens is 5. The summed E-state index contributed by atoms with van der Waals surface area (Å²) in [4.78, 5) is 8.56. The zero-order valence-corrected chi connectivity index (χ0v) is 8.46. The minimum Gasteiger partial charge on any atom is -0.239 e. The van der Waals surface area contributed by atoms with Crippen molar-refractivity contribution in [1.82, 2.24) is 25.4 Å². The summed E-state index contributed by atoms with van der Waals surface area (Å²) in [6.45, 7) is 0. The van der Waals surface area contributed by atoms with E-state index in [1.807, 2.05) is 18.2 Å². The van der Waals surface area contributed by atoms with Gasteiger partial charge in [0.1, 0.15) is 11.3 Å². The van der Waals surface area contributed by atoms with Crippen LogP contribution in [0.5, 0.6) is 0 Å². The number of hydrogen-bond donors (Lipinski definition) is 1. The Morgan fingerprint density at radius 3 is 2.81 bits per heavy atom. The Morgan fingerprint density at radius 1 is 1.06 bits per heavy atom. The maximum absolute atomic E-state index is 4.31. The Labute approximate surface area is 91.6 Å². The fraction of sp³-hybridized carbons (Fsp3) is 0.0909. The molecule has 1 N–H and O–H groups in total. The second-order valence-corrected chi connectivity index (χ2v) is 3.48. The molecule has 0 saturated heterocycles. The van der Waals surface area contributed by atoms with Crippen LogP contribution < -0.4 is 0 Å². The molecule has 0 amide bonds.